The maximum Gasteiger partial charge on any atom is 0.350 e. The summed E-state index contributed by atoms with van der Waals surface area (Å²) in [5, 5.41) is 1.16. The molecule has 0 bridgehead atoms. The van der Waals surface area contributed by atoms with Crippen LogP contribution in [-0.4, -0.2) is 38.9 Å². The van der Waals surface area contributed by atoms with Gasteiger partial charge < -0.3 is 20.1 Å². The number of anilines is 2. The van der Waals surface area contributed by atoms with Gasteiger partial charge >= 0.3 is 5.97 Å². The number of nitrogen functional groups attached to an aromatic ring is 1. The molecule has 1 saturated carbocycles. The molecule has 116 valence electrons. The maximum absolute atomic E-state index is 12.1. The zero-order valence-electron chi connectivity index (χ0n) is 12.4. The monoisotopic (exact) mass is 310 g/mol. The van der Waals surface area contributed by atoms with Crippen LogP contribution in [0.15, 0.2) is 0 Å². The molecule has 0 atom stereocenters. The van der Waals surface area contributed by atoms with Crippen LogP contribution in [0.3, 0.4) is 0 Å². The lowest BCUT2D eigenvalue weighted by Crippen LogP contribution is -2.25. The van der Waals surface area contributed by atoms with Crippen molar-refractivity contribution in [3.8, 4) is 0 Å². The smallest absolute Gasteiger partial charge is 0.350 e. The van der Waals surface area contributed by atoms with Crippen LogP contribution in [0.2, 0.25) is 0 Å². The van der Waals surface area contributed by atoms with Gasteiger partial charge in [0.25, 0.3) is 0 Å². The number of hydrogen-bond donors (Lipinski definition) is 1. The summed E-state index contributed by atoms with van der Waals surface area (Å²) in [7, 11) is 0. The first-order valence-electron chi connectivity index (χ1n) is 7.64. The molecule has 2 fully saturated rings. The van der Waals surface area contributed by atoms with E-state index in [9.17, 15) is 4.79 Å². The molecule has 0 unspecified atom stereocenters. The highest BCUT2D eigenvalue weighted by Gasteiger charge is 2.35. The van der Waals surface area contributed by atoms with Crippen molar-refractivity contribution in [1.29, 1.82) is 0 Å². The fourth-order valence-electron chi connectivity index (χ4n) is 2.74. The van der Waals surface area contributed by atoms with Gasteiger partial charge in [0, 0.05) is 25.3 Å². The summed E-state index contributed by atoms with van der Waals surface area (Å²) in [6, 6.07) is 0. The maximum atomic E-state index is 12.1. The van der Waals surface area contributed by atoms with E-state index in [1.54, 1.807) is 0 Å². The minimum atomic E-state index is -0.292. The molecule has 6 heteroatoms. The number of carbonyl (C=O) groups is 1. The number of thiophene rings is 1. The summed E-state index contributed by atoms with van der Waals surface area (Å²) in [6.07, 6.45) is 3.34. The van der Waals surface area contributed by atoms with Crippen molar-refractivity contribution in [3.63, 3.8) is 0 Å². The summed E-state index contributed by atoms with van der Waals surface area (Å²) >= 11 is 1.49. The van der Waals surface area contributed by atoms with Gasteiger partial charge in [-0.05, 0) is 32.1 Å². The van der Waals surface area contributed by atoms with Crippen molar-refractivity contribution >= 4 is 28.0 Å². The highest BCUT2D eigenvalue weighted by molar-refractivity contribution is 7.18. The molecule has 1 aromatic heterocycles. The molecular weight excluding hydrogens is 288 g/mol. The minimum Gasteiger partial charge on any atom is -0.462 e. The van der Waals surface area contributed by atoms with Crippen LogP contribution in [0.5, 0.6) is 0 Å². The summed E-state index contributed by atoms with van der Waals surface area (Å²) in [4.78, 5) is 15.0. The lowest BCUT2D eigenvalue weighted by Gasteiger charge is -2.21. The summed E-state index contributed by atoms with van der Waals surface area (Å²) in [6.45, 7) is 5.56. The largest absolute Gasteiger partial charge is 0.462 e. The Morgan fingerprint density at radius 3 is 2.95 bits per heavy atom. The van der Waals surface area contributed by atoms with Crippen molar-refractivity contribution in [2.75, 3.05) is 43.5 Å². The molecule has 0 spiro atoms. The molecule has 2 N–H and O–H groups in total. The van der Waals surface area contributed by atoms with E-state index in [0.717, 1.165) is 37.7 Å². The van der Waals surface area contributed by atoms with Crippen LogP contribution < -0.4 is 10.6 Å². The lowest BCUT2D eigenvalue weighted by molar-refractivity contribution is 0.0533. The highest BCUT2D eigenvalue weighted by Crippen LogP contribution is 2.52. The number of hydrogen-bond acceptors (Lipinski definition) is 6. The standard InChI is InChI=1S/C15H22N2O3S/c1-2-20-15(18)13-12(16)11(10-4-5-10)14(21-13)17-6-3-8-19-9-7-17/h10H,2-9,16H2,1H3. The van der Waals surface area contributed by atoms with Gasteiger partial charge in [0.15, 0.2) is 0 Å². The van der Waals surface area contributed by atoms with Gasteiger partial charge in [-0.2, -0.15) is 0 Å². The van der Waals surface area contributed by atoms with Crippen LogP contribution in [-0.2, 0) is 9.47 Å². The Morgan fingerprint density at radius 1 is 1.43 bits per heavy atom. The molecule has 0 aromatic carbocycles. The second kappa shape index (κ2) is 6.23. The minimum absolute atomic E-state index is 0.292. The number of esters is 1. The van der Waals surface area contributed by atoms with Gasteiger partial charge in [-0.25, -0.2) is 4.79 Å². The fraction of sp³-hybridized carbons (Fsp3) is 0.667. The first-order chi connectivity index (χ1) is 10.2. The molecular formula is C15H22N2O3S. The van der Waals surface area contributed by atoms with Gasteiger partial charge in [0.05, 0.1) is 23.9 Å². The van der Waals surface area contributed by atoms with Crippen LogP contribution >= 0.6 is 11.3 Å². The van der Waals surface area contributed by atoms with Crippen molar-refractivity contribution in [2.45, 2.75) is 32.1 Å². The molecule has 1 aliphatic heterocycles. The van der Waals surface area contributed by atoms with E-state index in [1.807, 2.05) is 6.92 Å². The topological polar surface area (TPSA) is 64.8 Å². The summed E-state index contributed by atoms with van der Waals surface area (Å²) in [5.41, 5.74) is 8.08. The fourth-order valence-corrected chi connectivity index (χ4v) is 4.00. The van der Waals surface area contributed by atoms with Crippen molar-refractivity contribution in [1.82, 2.24) is 0 Å². The zero-order valence-corrected chi connectivity index (χ0v) is 13.2. The van der Waals surface area contributed by atoms with Gasteiger partial charge in [-0.1, -0.05) is 0 Å². The molecule has 2 heterocycles. The number of carbonyl (C=O) groups excluding carboxylic acids is 1. The molecule has 0 radical (unpaired) electrons. The van der Waals surface area contributed by atoms with Gasteiger partial charge in [0.1, 0.15) is 4.88 Å². The third kappa shape index (κ3) is 3.01. The number of nitrogens with zero attached hydrogens (tertiary/aromatic N) is 1. The second-order valence-electron chi connectivity index (χ2n) is 5.51. The summed E-state index contributed by atoms with van der Waals surface area (Å²) < 4.78 is 10.7. The van der Waals surface area contributed by atoms with Crippen molar-refractivity contribution < 1.29 is 14.3 Å². The highest BCUT2D eigenvalue weighted by atomic mass is 32.1. The first kappa shape index (κ1) is 14.7. The van der Waals surface area contributed by atoms with Gasteiger partial charge in [0.2, 0.25) is 0 Å². The average Bonchev–Trinajstić information content (AvgIpc) is 3.27. The van der Waals surface area contributed by atoms with E-state index in [2.05, 4.69) is 4.90 Å². The van der Waals surface area contributed by atoms with E-state index in [-0.39, 0.29) is 5.97 Å². The Hall–Kier alpha value is -1.27. The molecule has 21 heavy (non-hydrogen) atoms. The average molecular weight is 310 g/mol. The van der Waals surface area contributed by atoms with E-state index in [0.29, 0.717) is 23.1 Å². The Kier molecular flexibility index (Phi) is 4.35. The molecule has 2 aliphatic rings. The predicted octanol–water partition coefficient (Wildman–Crippen LogP) is 2.61. The lowest BCUT2D eigenvalue weighted by atomic mass is 10.1. The SMILES string of the molecule is CCOC(=O)c1sc(N2CCCOCC2)c(C2CC2)c1N. The zero-order chi connectivity index (χ0) is 14.8. The van der Waals surface area contributed by atoms with Crippen LogP contribution in [0.4, 0.5) is 10.7 Å². The van der Waals surface area contributed by atoms with Crippen LogP contribution in [0.1, 0.15) is 47.3 Å². The molecule has 3 rings (SSSR count). The third-order valence-corrected chi connectivity index (χ3v) is 5.18. The Bertz CT molecular complexity index is 517. The van der Waals surface area contributed by atoms with E-state index < -0.39 is 0 Å². The molecule has 1 aliphatic carbocycles. The van der Waals surface area contributed by atoms with Crippen LogP contribution in [0, 0.1) is 0 Å². The molecule has 5 nitrogen and oxygen atoms in total. The van der Waals surface area contributed by atoms with Crippen molar-refractivity contribution in [3.05, 3.63) is 10.4 Å². The Labute approximate surface area is 129 Å². The third-order valence-electron chi connectivity index (χ3n) is 3.92. The summed E-state index contributed by atoms with van der Waals surface area (Å²) in [5.74, 6) is 0.225. The second-order valence-corrected chi connectivity index (χ2v) is 6.51. The Morgan fingerprint density at radius 2 is 2.24 bits per heavy atom. The van der Waals surface area contributed by atoms with E-state index in [1.165, 1.54) is 29.7 Å². The quantitative estimate of drug-likeness (QED) is 0.866. The van der Waals surface area contributed by atoms with E-state index >= 15 is 0 Å². The number of ether oxygens (including phenoxy) is 2. The Balaban J connectivity index is 1.94. The van der Waals surface area contributed by atoms with Crippen molar-refractivity contribution in [2.24, 2.45) is 0 Å². The van der Waals surface area contributed by atoms with E-state index in [4.69, 9.17) is 15.2 Å². The number of rotatable bonds is 4. The van der Waals surface area contributed by atoms with Gasteiger partial charge in [-0.15, -0.1) is 11.3 Å². The van der Waals surface area contributed by atoms with Gasteiger partial charge in [-0.3, -0.25) is 0 Å². The number of nitrogens with two attached hydrogens (primary N) is 1. The normalized spacial score (nSPS) is 19.4. The first-order valence-corrected chi connectivity index (χ1v) is 8.46. The molecule has 1 saturated heterocycles. The van der Waals surface area contributed by atoms with Crippen LogP contribution in [0.25, 0.3) is 0 Å². The molecule has 0 amide bonds. The molecule has 1 aromatic rings. The predicted molar refractivity (Wildman–Crippen MR) is 84.3 cm³/mol.